The van der Waals surface area contributed by atoms with Crippen LogP contribution in [0.25, 0.3) is 97.4 Å². The molecule has 8 aromatic carbocycles. The topological polar surface area (TPSA) is 9.86 Å². The third-order valence-electron chi connectivity index (χ3n) is 9.95. The molecular weight excluding hydrogens is 637 g/mol. The fraction of sp³-hybridized carbons (Fsp3) is 0. The largest absolute Gasteiger partial charge is 0.309 e. The van der Waals surface area contributed by atoms with E-state index in [0.29, 0.717) is 11.3 Å². The molecule has 0 fully saturated rings. The Bertz CT molecular complexity index is 3530. The molecule has 3 heteroatoms. The minimum Gasteiger partial charge on any atom is -0.309 e. The van der Waals surface area contributed by atoms with E-state index >= 15 is 0 Å². The van der Waals surface area contributed by atoms with Gasteiger partial charge in [0.1, 0.15) is 0 Å². The first-order chi connectivity index (χ1) is 28.2. The van der Waals surface area contributed by atoms with Crippen molar-refractivity contribution in [2.45, 2.75) is 0 Å². The quantitative estimate of drug-likeness (QED) is 0.176. The Balaban J connectivity index is 1.20. The van der Waals surface area contributed by atoms with Crippen molar-refractivity contribution in [3.8, 4) is 33.6 Å². The highest BCUT2D eigenvalue weighted by Crippen LogP contribution is 2.41. The first kappa shape index (κ1) is 22.3. The van der Waals surface area contributed by atoms with Crippen LogP contribution in [0.1, 0.15) is 9.60 Å². The highest BCUT2D eigenvalue weighted by molar-refractivity contribution is 7.25. The second kappa shape index (κ2) is 11.0. The summed E-state index contributed by atoms with van der Waals surface area (Å²) < 4.78 is 70.6. The lowest BCUT2D eigenvalue weighted by molar-refractivity contribution is 1.18. The number of hydrogen-bond acceptors (Lipinski definition) is 1. The Labute approximate surface area is 308 Å². The lowest BCUT2D eigenvalue weighted by Crippen LogP contribution is -1.93. The van der Waals surface area contributed by atoms with Crippen molar-refractivity contribution in [1.82, 2.24) is 9.13 Å². The predicted molar refractivity (Wildman–Crippen MR) is 219 cm³/mol. The Morgan fingerprint density at radius 2 is 1.08 bits per heavy atom. The average molecular weight is 674 g/mol. The molecule has 0 N–H and O–H groups in total. The van der Waals surface area contributed by atoms with Gasteiger partial charge in [0.25, 0.3) is 0 Å². The van der Waals surface area contributed by atoms with E-state index in [-0.39, 0.29) is 57.6 Å². The molecular formula is C48H30N2S. The van der Waals surface area contributed by atoms with Crippen LogP contribution in [0.15, 0.2) is 182 Å². The van der Waals surface area contributed by atoms with E-state index in [1.807, 2.05) is 84.9 Å². The number of para-hydroxylation sites is 2. The Hall–Kier alpha value is -6.42. The summed E-state index contributed by atoms with van der Waals surface area (Å²) in [4.78, 5) is 0. The summed E-state index contributed by atoms with van der Waals surface area (Å²) in [5.41, 5.74) is 6.90. The molecule has 11 aromatic rings. The van der Waals surface area contributed by atoms with Crippen LogP contribution in [-0.4, -0.2) is 9.13 Å². The highest BCUT2D eigenvalue weighted by Gasteiger charge is 2.17. The molecule has 0 saturated heterocycles. The second-order valence-electron chi connectivity index (χ2n) is 12.8. The number of aromatic nitrogens is 2. The third kappa shape index (κ3) is 4.35. The van der Waals surface area contributed by atoms with Crippen molar-refractivity contribution >= 4 is 75.1 Å². The van der Waals surface area contributed by atoms with Crippen LogP contribution in [-0.2, 0) is 0 Å². The Kier molecular flexibility index (Phi) is 4.84. The highest BCUT2D eigenvalue weighted by atomic mass is 32.1. The maximum atomic E-state index is 9.83. The van der Waals surface area contributed by atoms with Crippen LogP contribution < -0.4 is 0 Å². The van der Waals surface area contributed by atoms with Crippen LogP contribution in [0.2, 0.25) is 0 Å². The molecule has 3 aromatic heterocycles. The van der Waals surface area contributed by atoms with Crippen molar-refractivity contribution in [3.05, 3.63) is 182 Å². The Morgan fingerprint density at radius 3 is 1.98 bits per heavy atom. The molecule has 51 heavy (non-hydrogen) atoms. The van der Waals surface area contributed by atoms with Gasteiger partial charge in [-0.3, -0.25) is 0 Å². The lowest BCUT2D eigenvalue weighted by Gasteiger charge is -2.10. The molecule has 0 aliphatic rings. The normalized spacial score (nSPS) is 13.8. The maximum absolute atomic E-state index is 9.83. The van der Waals surface area contributed by atoms with Crippen molar-refractivity contribution in [2.24, 2.45) is 0 Å². The number of hydrogen-bond donors (Lipinski definition) is 0. The summed E-state index contributed by atoms with van der Waals surface area (Å²) in [5, 5.41) is 4.46. The van der Waals surface area contributed by atoms with Crippen molar-refractivity contribution in [3.63, 3.8) is 0 Å². The van der Waals surface area contributed by atoms with Gasteiger partial charge in [-0.05, 0) is 88.9 Å². The summed E-state index contributed by atoms with van der Waals surface area (Å²) in [7, 11) is 0. The SMILES string of the molecule is [2H]c1c([2H])c([2H])c2c(c1[2H])c1c([2H])c(-c3ccc4c(c3)c3ccc(-c5ccccc5)cc3n4-c3ccccc3)c([2H])c([2H])c1n2-c1ccc2c(c1)sc1ccccc12. The molecule has 0 radical (unpaired) electrons. The van der Waals surface area contributed by atoms with E-state index in [2.05, 4.69) is 59.2 Å². The predicted octanol–water partition coefficient (Wildman–Crippen LogP) is 13.6. The van der Waals surface area contributed by atoms with E-state index < -0.39 is 12.1 Å². The van der Waals surface area contributed by atoms with E-state index in [0.717, 1.165) is 58.8 Å². The van der Waals surface area contributed by atoms with Crippen LogP contribution in [0.4, 0.5) is 0 Å². The lowest BCUT2D eigenvalue weighted by atomic mass is 9.99. The van der Waals surface area contributed by atoms with Gasteiger partial charge in [-0.15, -0.1) is 11.3 Å². The Morgan fingerprint density at radius 1 is 0.373 bits per heavy atom. The molecule has 0 atom stereocenters. The minimum absolute atomic E-state index is 0.0646. The average Bonchev–Trinajstić information content (AvgIpc) is 3.92. The van der Waals surface area contributed by atoms with Gasteiger partial charge < -0.3 is 9.13 Å². The molecule has 0 unspecified atom stereocenters. The van der Waals surface area contributed by atoms with Gasteiger partial charge >= 0.3 is 0 Å². The van der Waals surface area contributed by atoms with Gasteiger partial charge in [0.2, 0.25) is 0 Å². The van der Waals surface area contributed by atoms with E-state index in [9.17, 15) is 4.11 Å². The van der Waals surface area contributed by atoms with Gasteiger partial charge in [-0.25, -0.2) is 0 Å². The fourth-order valence-corrected chi connectivity index (χ4v) is 8.75. The molecule has 0 aliphatic carbocycles. The number of nitrogens with zero attached hydrogens (tertiary/aromatic N) is 2. The zero-order valence-corrected chi connectivity index (χ0v) is 27.9. The van der Waals surface area contributed by atoms with Crippen LogP contribution in [0.5, 0.6) is 0 Å². The molecule has 2 nitrogen and oxygen atoms in total. The van der Waals surface area contributed by atoms with E-state index in [1.165, 1.54) is 0 Å². The standard InChI is InChI=1S/C48H30N2S/c1-3-11-31(12-4-1)34-19-23-38-42-28-33(20-25-44(42)49(46(38)29-34)35-13-5-2-6-14-35)32-21-26-45-41(27-32)37-15-7-9-17-43(37)50(45)36-22-24-40-39-16-8-10-18-47(39)51-48(40)30-36/h1-30H/i7D,9D,15D,17D,21D,26D,27D. The first-order valence-corrected chi connectivity index (χ1v) is 17.7. The number of rotatable bonds is 4. The summed E-state index contributed by atoms with van der Waals surface area (Å²) in [6.45, 7) is 0. The summed E-state index contributed by atoms with van der Waals surface area (Å²) in [6, 6.07) is 45.0. The number of thiophene rings is 1. The minimum atomic E-state index is -0.413. The van der Waals surface area contributed by atoms with Crippen LogP contribution in [0, 0.1) is 0 Å². The third-order valence-corrected chi connectivity index (χ3v) is 11.1. The molecule has 3 heterocycles. The number of fused-ring (bicyclic) bond motifs is 9. The molecule has 11 rings (SSSR count). The molecule has 0 amide bonds. The summed E-state index contributed by atoms with van der Waals surface area (Å²) in [6.07, 6.45) is 0. The summed E-state index contributed by atoms with van der Waals surface area (Å²) >= 11 is 1.62. The van der Waals surface area contributed by atoms with Crippen molar-refractivity contribution in [2.75, 3.05) is 0 Å². The van der Waals surface area contributed by atoms with Gasteiger partial charge in [0, 0.05) is 53.1 Å². The molecule has 0 bridgehead atoms. The van der Waals surface area contributed by atoms with Crippen LogP contribution >= 0.6 is 11.3 Å². The molecule has 238 valence electrons. The molecule has 0 saturated carbocycles. The zero-order chi connectivity index (χ0) is 39.6. The van der Waals surface area contributed by atoms with Gasteiger partial charge in [-0.2, -0.15) is 0 Å². The zero-order valence-electron chi connectivity index (χ0n) is 34.1. The van der Waals surface area contributed by atoms with E-state index in [4.69, 9.17) is 5.48 Å². The maximum Gasteiger partial charge on any atom is 0.0645 e. The van der Waals surface area contributed by atoms with E-state index in [1.54, 1.807) is 15.9 Å². The van der Waals surface area contributed by atoms with Gasteiger partial charge in [0.15, 0.2) is 0 Å². The summed E-state index contributed by atoms with van der Waals surface area (Å²) in [5.74, 6) is 0. The van der Waals surface area contributed by atoms with Gasteiger partial charge in [-0.1, -0.05) is 115 Å². The van der Waals surface area contributed by atoms with Gasteiger partial charge in [0.05, 0.1) is 31.7 Å². The fourth-order valence-electron chi connectivity index (χ4n) is 7.61. The van der Waals surface area contributed by atoms with Crippen molar-refractivity contribution < 1.29 is 9.60 Å². The number of benzene rings is 8. The molecule has 0 aliphatic heterocycles. The molecule has 0 spiro atoms. The second-order valence-corrected chi connectivity index (χ2v) is 13.9. The van der Waals surface area contributed by atoms with Crippen LogP contribution in [0.3, 0.4) is 0 Å². The monoisotopic (exact) mass is 673 g/mol. The smallest absolute Gasteiger partial charge is 0.0645 e. The van der Waals surface area contributed by atoms with Crippen molar-refractivity contribution in [1.29, 1.82) is 0 Å². The first-order valence-electron chi connectivity index (χ1n) is 20.4.